The Balaban J connectivity index is 0.00000361. The second kappa shape index (κ2) is 11.0. The first-order chi connectivity index (χ1) is 16.7. The first-order valence-electron chi connectivity index (χ1n) is 11.7. The molecule has 0 saturated heterocycles. The topological polar surface area (TPSA) is 51.8 Å². The third-order valence-corrected chi connectivity index (χ3v) is 6.47. The van der Waals surface area contributed by atoms with Crippen LogP contribution in [0.4, 0.5) is 0 Å². The molecule has 3 aromatic carbocycles. The van der Waals surface area contributed by atoms with E-state index in [-0.39, 0.29) is 36.0 Å². The summed E-state index contributed by atoms with van der Waals surface area (Å²) in [6, 6.07) is 18.8. The summed E-state index contributed by atoms with van der Waals surface area (Å²) in [7, 11) is 6.96. The Morgan fingerprint density at radius 2 is 1.53 bits per heavy atom. The van der Waals surface area contributed by atoms with Crippen molar-refractivity contribution in [1.29, 1.82) is 0 Å². The van der Waals surface area contributed by atoms with Gasteiger partial charge in [-0.3, -0.25) is 0 Å². The summed E-state index contributed by atoms with van der Waals surface area (Å²) in [5.74, 6) is 2.07. The minimum absolute atomic E-state index is 0. The van der Waals surface area contributed by atoms with E-state index in [9.17, 15) is 5.11 Å². The van der Waals surface area contributed by atoms with Crippen LogP contribution < -0.4 is 42.8 Å². The lowest BCUT2D eigenvalue weighted by Crippen LogP contribution is -3.00. The van der Waals surface area contributed by atoms with E-state index in [1.54, 1.807) is 21.3 Å². The Kier molecular flexibility index (Phi) is 8.52. The van der Waals surface area contributed by atoms with E-state index in [0.717, 1.165) is 38.7 Å². The second-order valence-electron chi connectivity index (χ2n) is 9.78. The van der Waals surface area contributed by atoms with Crippen LogP contribution in [0.25, 0.3) is 33.2 Å². The van der Waals surface area contributed by atoms with E-state index >= 15 is 0 Å². The molecule has 4 rings (SSSR count). The van der Waals surface area contributed by atoms with E-state index < -0.39 is 0 Å². The van der Waals surface area contributed by atoms with Crippen molar-refractivity contribution < 1.29 is 47.9 Å². The highest BCUT2D eigenvalue weighted by atomic mass is 127. The van der Waals surface area contributed by atoms with Crippen LogP contribution in [0.5, 0.6) is 17.2 Å². The summed E-state index contributed by atoms with van der Waals surface area (Å²) in [4.78, 5) is 0. The highest BCUT2D eigenvalue weighted by Gasteiger charge is 2.21. The lowest BCUT2D eigenvalue weighted by atomic mass is 9.85. The predicted octanol–water partition coefficient (Wildman–Crippen LogP) is 2.82. The van der Waals surface area contributed by atoms with Crippen molar-refractivity contribution in [2.24, 2.45) is 7.05 Å². The van der Waals surface area contributed by atoms with E-state index in [1.807, 2.05) is 29.8 Å². The molecule has 0 unspecified atom stereocenters. The van der Waals surface area contributed by atoms with E-state index in [2.05, 4.69) is 63.4 Å². The van der Waals surface area contributed by atoms with Crippen molar-refractivity contribution in [2.45, 2.75) is 32.8 Å². The number of fused-ring (bicyclic) bond motifs is 1. The third kappa shape index (κ3) is 5.15. The molecule has 0 fully saturated rings. The SMILES string of the molecule is COc1cc(-c2cc3ccc(CO)c(OC)c3[n+](C)c2)cc(-c2cccc(C(C)(C)C)c2)c1OC.[I-]. The zero-order valence-electron chi connectivity index (χ0n) is 22.0. The van der Waals surface area contributed by atoms with Gasteiger partial charge in [-0.15, -0.1) is 0 Å². The van der Waals surface area contributed by atoms with Crippen LogP contribution in [0.2, 0.25) is 0 Å². The largest absolute Gasteiger partial charge is 1.00 e. The van der Waals surface area contributed by atoms with E-state index in [4.69, 9.17) is 14.2 Å². The lowest BCUT2D eigenvalue weighted by molar-refractivity contribution is -0.644. The van der Waals surface area contributed by atoms with Gasteiger partial charge in [-0.05, 0) is 46.4 Å². The number of hydrogen-bond donors (Lipinski definition) is 1. The van der Waals surface area contributed by atoms with Gasteiger partial charge in [0, 0.05) is 16.7 Å². The molecule has 0 spiro atoms. The molecule has 6 heteroatoms. The van der Waals surface area contributed by atoms with Crippen LogP contribution in [0.1, 0.15) is 31.9 Å². The average molecular weight is 600 g/mol. The Bertz CT molecular complexity index is 1390. The molecule has 5 nitrogen and oxygen atoms in total. The number of aliphatic hydroxyl groups is 1. The lowest BCUT2D eigenvalue weighted by Gasteiger charge is -2.21. The van der Waals surface area contributed by atoms with Gasteiger partial charge in [0.2, 0.25) is 0 Å². The number of ether oxygens (including phenoxy) is 3. The summed E-state index contributed by atoms with van der Waals surface area (Å²) in [5.41, 5.74) is 7.08. The molecule has 0 bridgehead atoms. The van der Waals surface area contributed by atoms with Crippen molar-refractivity contribution in [1.82, 2.24) is 0 Å². The number of hydrogen-bond acceptors (Lipinski definition) is 4. The normalized spacial score (nSPS) is 11.2. The van der Waals surface area contributed by atoms with Crippen LogP contribution in [0.15, 0.2) is 60.8 Å². The molecule has 0 atom stereocenters. The maximum absolute atomic E-state index is 9.73. The monoisotopic (exact) mass is 599 g/mol. The Hall–Kier alpha value is -2.84. The maximum Gasteiger partial charge on any atom is 0.255 e. The van der Waals surface area contributed by atoms with Crippen LogP contribution in [0, 0.1) is 0 Å². The second-order valence-corrected chi connectivity index (χ2v) is 9.78. The van der Waals surface area contributed by atoms with Gasteiger partial charge in [0.15, 0.2) is 23.4 Å². The number of rotatable bonds is 6. The maximum atomic E-state index is 9.73. The smallest absolute Gasteiger partial charge is 0.255 e. The van der Waals surface area contributed by atoms with Crippen molar-refractivity contribution in [2.75, 3.05) is 21.3 Å². The van der Waals surface area contributed by atoms with Gasteiger partial charge in [0.25, 0.3) is 5.52 Å². The van der Waals surface area contributed by atoms with Gasteiger partial charge >= 0.3 is 0 Å². The molecule has 0 aliphatic heterocycles. The van der Waals surface area contributed by atoms with Gasteiger partial charge in [0.05, 0.1) is 33.3 Å². The number of aryl methyl sites for hydroxylation is 1. The third-order valence-electron chi connectivity index (χ3n) is 6.47. The highest BCUT2D eigenvalue weighted by molar-refractivity contribution is 5.88. The van der Waals surface area contributed by atoms with Gasteiger partial charge in [0.1, 0.15) is 7.05 Å². The quantitative estimate of drug-likeness (QED) is 0.274. The minimum atomic E-state index is -0.0759. The molecule has 36 heavy (non-hydrogen) atoms. The Labute approximate surface area is 230 Å². The zero-order valence-corrected chi connectivity index (χ0v) is 24.1. The van der Waals surface area contributed by atoms with Gasteiger partial charge < -0.3 is 43.3 Å². The van der Waals surface area contributed by atoms with Crippen LogP contribution >= 0.6 is 0 Å². The minimum Gasteiger partial charge on any atom is -1.00 e. The first kappa shape index (κ1) is 27.7. The summed E-state index contributed by atoms with van der Waals surface area (Å²) in [6.45, 7) is 6.57. The first-order valence-corrected chi connectivity index (χ1v) is 11.7. The number of pyridine rings is 1. The van der Waals surface area contributed by atoms with Crippen LogP contribution in [0.3, 0.4) is 0 Å². The molecule has 4 aromatic rings. The number of aliphatic hydroxyl groups excluding tert-OH is 1. The molecule has 0 saturated carbocycles. The molecule has 190 valence electrons. The molecule has 1 aromatic heterocycles. The average Bonchev–Trinajstić information content (AvgIpc) is 2.86. The molecule has 1 heterocycles. The fourth-order valence-corrected chi connectivity index (χ4v) is 4.60. The van der Waals surface area contributed by atoms with Gasteiger partial charge in [-0.2, -0.15) is 4.57 Å². The molecule has 1 N–H and O–H groups in total. The summed E-state index contributed by atoms with van der Waals surface area (Å²) in [6.07, 6.45) is 2.07. The Morgan fingerprint density at radius 1 is 0.806 bits per heavy atom. The summed E-state index contributed by atoms with van der Waals surface area (Å²) < 4.78 is 19.3. The van der Waals surface area contributed by atoms with Gasteiger partial charge in [-0.25, -0.2) is 0 Å². The Morgan fingerprint density at radius 3 is 2.14 bits per heavy atom. The van der Waals surface area contributed by atoms with Crippen molar-refractivity contribution >= 4 is 10.9 Å². The molecular weight excluding hydrogens is 565 g/mol. The van der Waals surface area contributed by atoms with Crippen LogP contribution in [-0.4, -0.2) is 26.4 Å². The molecule has 0 aliphatic carbocycles. The van der Waals surface area contributed by atoms with Crippen LogP contribution in [-0.2, 0) is 19.1 Å². The fraction of sp³-hybridized carbons (Fsp3) is 0.300. The predicted molar refractivity (Wildman–Crippen MR) is 140 cm³/mol. The summed E-state index contributed by atoms with van der Waals surface area (Å²) in [5, 5.41) is 10.8. The molecule has 0 aliphatic rings. The number of methoxy groups -OCH3 is 3. The number of nitrogens with zero attached hydrogens (tertiary/aromatic N) is 1. The molecule has 0 radical (unpaired) electrons. The fourth-order valence-electron chi connectivity index (χ4n) is 4.60. The van der Waals surface area contributed by atoms with Crippen molar-refractivity contribution in [3.05, 3.63) is 71.9 Å². The van der Waals surface area contributed by atoms with Crippen molar-refractivity contribution in [3.8, 4) is 39.5 Å². The zero-order chi connectivity index (χ0) is 25.3. The summed E-state index contributed by atoms with van der Waals surface area (Å²) >= 11 is 0. The molecule has 0 amide bonds. The van der Waals surface area contributed by atoms with E-state index in [1.165, 1.54) is 5.56 Å². The number of benzene rings is 3. The molecular formula is C30H34INO4. The van der Waals surface area contributed by atoms with Crippen molar-refractivity contribution in [3.63, 3.8) is 0 Å². The van der Waals surface area contributed by atoms with Gasteiger partial charge in [-0.1, -0.05) is 51.1 Å². The standard InChI is InChI=1S/C30H34NO4.HI/c1-30(2,3)24-10-8-9-19(14-24)25-15-22(16-26(33-5)29(25)35-7)23-13-20-11-12-21(18-32)28(34-6)27(20)31(4)17-23;/h8-17,32H,18H2,1-7H3;1H/q+1;/p-1. The number of halogens is 1. The highest BCUT2D eigenvalue weighted by Crippen LogP contribution is 2.43. The van der Waals surface area contributed by atoms with E-state index in [0.29, 0.717) is 17.2 Å². The number of aromatic nitrogens is 1.